The molecule has 2 atom stereocenters. The zero-order valence-corrected chi connectivity index (χ0v) is 10.5. The van der Waals surface area contributed by atoms with Crippen molar-refractivity contribution in [1.29, 1.82) is 0 Å². The van der Waals surface area contributed by atoms with Crippen molar-refractivity contribution in [1.82, 2.24) is 0 Å². The van der Waals surface area contributed by atoms with Crippen molar-refractivity contribution in [2.45, 2.75) is 58.3 Å². The first kappa shape index (κ1) is 12.5. The summed E-state index contributed by atoms with van der Waals surface area (Å²) in [5, 5.41) is 0. The molecule has 0 spiro atoms. The first-order chi connectivity index (χ1) is 8.02. The fourth-order valence-corrected chi connectivity index (χ4v) is 3.22. The zero-order chi connectivity index (χ0) is 12.5. The van der Waals surface area contributed by atoms with Gasteiger partial charge in [0.15, 0.2) is 0 Å². The number of fused-ring (bicyclic) bond motifs is 1. The second-order valence-electron chi connectivity index (χ2n) is 5.74. The number of hydrogen-bond donors (Lipinski definition) is 0. The lowest BCUT2D eigenvalue weighted by Crippen LogP contribution is -2.42. The van der Waals surface area contributed by atoms with Crippen molar-refractivity contribution in [3.8, 4) is 0 Å². The van der Waals surface area contributed by atoms with E-state index >= 15 is 0 Å². The van der Waals surface area contributed by atoms with Crippen LogP contribution in [-0.4, -0.2) is 17.3 Å². The van der Waals surface area contributed by atoms with Crippen molar-refractivity contribution in [2.75, 3.05) is 0 Å². The van der Waals surface area contributed by atoms with Crippen LogP contribution in [0.2, 0.25) is 0 Å². The molecular formula is C14H20O3. The molecule has 2 aliphatic carbocycles. The molecule has 2 fully saturated rings. The predicted molar refractivity (Wildman–Crippen MR) is 63.6 cm³/mol. The maximum atomic E-state index is 12.3. The van der Waals surface area contributed by atoms with Crippen molar-refractivity contribution in [2.24, 2.45) is 11.3 Å². The van der Waals surface area contributed by atoms with Crippen LogP contribution >= 0.6 is 0 Å². The molecule has 0 heterocycles. The molecule has 0 aromatic carbocycles. The van der Waals surface area contributed by atoms with Gasteiger partial charge in [-0.3, -0.25) is 14.4 Å². The van der Waals surface area contributed by atoms with E-state index < -0.39 is 5.41 Å². The minimum Gasteiger partial charge on any atom is -0.300 e. The van der Waals surface area contributed by atoms with Crippen LogP contribution in [0, 0.1) is 11.3 Å². The number of hydrogen-bond acceptors (Lipinski definition) is 3. The van der Waals surface area contributed by atoms with E-state index in [2.05, 4.69) is 0 Å². The van der Waals surface area contributed by atoms with Crippen molar-refractivity contribution < 1.29 is 14.4 Å². The van der Waals surface area contributed by atoms with E-state index in [-0.39, 0.29) is 23.3 Å². The van der Waals surface area contributed by atoms with Crippen molar-refractivity contribution in [3.05, 3.63) is 0 Å². The van der Waals surface area contributed by atoms with E-state index in [9.17, 15) is 14.4 Å². The average Bonchev–Trinajstić information content (AvgIpc) is 2.31. The van der Waals surface area contributed by atoms with Gasteiger partial charge in [-0.25, -0.2) is 0 Å². The Morgan fingerprint density at radius 3 is 2.47 bits per heavy atom. The Kier molecular flexibility index (Phi) is 3.45. The average molecular weight is 236 g/mol. The molecule has 3 heteroatoms. The van der Waals surface area contributed by atoms with Gasteiger partial charge in [-0.15, -0.1) is 0 Å². The van der Waals surface area contributed by atoms with Crippen LogP contribution < -0.4 is 0 Å². The van der Waals surface area contributed by atoms with E-state index in [1.807, 2.05) is 6.92 Å². The quantitative estimate of drug-likeness (QED) is 0.649. The van der Waals surface area contributed by atoms with Gasteiger partial charge in [-0.05, 0) is 25.2 Å². The van der Waals surface area contributed by atoms with Crippen LogP contribution in [0.15, 0.2) is 0 Å². The third-order valence-electron chi connectivity index (χ3n) is 4.46. The fourth-order valence-electron chi connectivity index (χ4n) is 3.22. The van der Waals surface area contributed by atoms with Gasteiger partial charge in [0, 0.05) is 37.5 Å². The molecule has 2 saturated carbocycles. The predicted octanol–water partition coefficient (Wildman–Crippen LogP) is 2.46. The van der Waals surface area contributed by atoms with E-state index in [1.165, 1.54) is 0 Å². The molecule has 2 rings (SSSR count). The van der Waals surface area contributed by atoms with Gasteiger partial charge >= 0.3 is 0 Å². The Hall–Kier alpha value is -0.990. The van der Waals surface area contributed by atoms with Gasteiger partial charge < -0.3 is 0 Å². The lowest BCUT2D eigenvalue weighted by molar-refractivity contribution is -0.141. The van der Waals surface area contributed by atoms with Crippen LogP contribution in [-0.2, 0) is 14.4 Å². The standard InChI is InChI=1S/C14H20O3/c1-14-9-12(16)7-6-10(14)8-11(15)4-2-3-5-13(14)17/h10H,2-9H2,1H3/t10-,14-/m0/s1. The summed E-state index contributed by atoms with van der Waals surface area (Å²) in [5.41, 5.74) is -0.560. The first-order valence-corrected chi connectivity index (χ1v) is 6.59. The maximum absolute atomic E-state index is 12.3. The molecule has 2 aliphatic rings. The Labute approximate surface area is 102 Å². The smallest absolute Gasteiger partial charge is 0.139 e. The molecule has 3 nitrogen and oxygen atoms in total. The highest BCUT2D eigenvalue weighted by Crippen LogP contribution is 2.44. The zero-order valence-electron chi connectivity index (χ0n) is 10.5. The number of carbonyl (C=O) groups excluding carboxylic acids is 3. The van der Waals surface area contributed by atoms with Gasteiger partial charge in [-0.2, -0.15) is 0 Å². The third-order valence-corrected chi connectivity index (χ3v) is 4.46. The van der Waals surface area contributed by atoms with Crippen LogP contribution in [0.1, 0.15) is 58.3 Å². The monoisotopic (exact) mass is 236 g/mol. The number of Topliss-reactive ketones (excluding diaryl/α,β-unsaturated/α-hetero) is 3. The number of ketones is 3. The van der Waals surface area contributed by atoms with E-state index in [0.29, 0.717) is 38.5 Å². The molecule has 0 saturated heterocycles. The minimum absolute atomic E-state index is 0.0956. The molecule has 0 aliphatic heterocycles. The normalized spacial score (nSPS) is 35.8. The molecule has 0 aromatic heterocycles. The Bertz CT molecular complexity index is 358. The van der Waals surface area contributed by atoms with Gasteiger partial charge in [0.25, 0.3) is 0 Å². The van der Waals surface area contributed by atoms with Gasteiger partial charge in [0.2, 0.25) is 0 Å². The summed E-state index contributed by atoms with van der Waals surface area (Å²) < 4.78 is 0. The highest BCUT2D eigenvalue weighted by Gasteiger charge is 2.45. The summed E-state index contributed by atoms with van der Waals surface area (Å²) in [5.74, 6) is 0.748. The first-order valence-electron chi connectivity index (χ1n) is 6.59. The summed E-state index contributed by atoms with van der Waals surface area (Å²) >= 11 is 0. The molecular weight excluding hydrogens is 216 g/mol. The summed E-state index contributed by atoms with van der Waals surface area (Å²) in [7, 11) is 0. The van der Waals surface area contributed by atoms with Crippen LogP contribution in [0.4, 0.5) is 0 Å². The van der Waals surface area contributed by atoms with Crippen molar-refractivity contribution in [3.63, 3.8) is 0 Å². The topological polar surface area (TPSA) is 51.2 Å². The van der Waals surface area contributed by atoms with E-state index in [1.54, 1.807) is 0 Å². The maximum Gasteiger partial charge on any atom is 0.139 e. The van der Waals surface area contributed by atoms with Crippen LogP contribution in [0.3, 0.4) is 0 Å². The number of rotatable bonds is 0. The highest BCUT2D eigenvalue weighted by molar-refractivity contribution is 5.93. The largest absolute Gasteiger partial charge is 0.300 e. The Balaban J connectivity index is 2.26. The second kappa shape index (κ2) is 4.71. The molecule has 0 bridgehead atoms. The lowest BCUT2D eigenvalue weighted by Gasteiger charge is -2.39. The summed E-state index contributed by atoms with van der Waals surface area (Å²) in [4.78, 5) is 35.6. The molecule has 0 aromatic rings. The molecule has 0 unspecified atom stereocenters. The molecule has 0 radical (unpaired) electrons. The summed E-state index contributed by atoms with van der Waals surface area (Å²) in [6, 6.07) is 0. The van der Waals surface area contributed by atoms with Crippen LogP contribution in [0.5, 0.6) is 0 Å². The fraction of sp³-hybridized carbons (Fsp3) is 0.786. The minimum atomic E-state index is -0.560. The lowest BCUT2D eigenvalue weighted by atomic mass is 9.63. The van der Waals surface area contributed by atoms with E-state index in [0.717, 1.165) is 12.8 Å². The number of carbonyl (C=O) groups is 3. The van der Waals surface area contributed by atoms with Crippen LogP contribution in [0.25, 0.3) is 0 Å². The molecule has 94 valence electrons. The van der Waals surface area contributed by atoms with Gasteiger partial charge in [-0.1, -0.05) is 6.92 Å². The SMILES string of the molecule is C[C@]12CC(=O)CC[C@H]1CC(=O)CCCCC2=O. The van der Waals surface area contributed by atoms with Gasteiger partial charge in [0.1, 0.15) is 17.3 Å². The summed E-state index contributed by atoms with van der Waals surface area (Å²) in [6.45, 7) is 1.90. The Morgan fingerprint density at radius 2 is 1.71 bits per heavy atom. The molecule has 0 amide bonds. The highest BCUT2D eigenvalue weighted by atomic mass is 16.1. The second-order valence-corrected chi connectivity index (χ2v) is 5.74. The Morgan fingerprint density at radius 1 is 1.00 bits per heavy atom. The van der Waals surface area contributed by atoms with Gasteiger partial charge in [0.05, 0.1) is 0 Å². The molecule has 0 N–H and O–H groups in total. The summed E-state index contributed by atoms with van der Waals surface area (Å²) in [6.07, 6.45) is 4.86. The molecule has 17 heavy (non-hydrogen) atoms. The van der Waals surface area contributed by atoms with E-state index in [4.69, 9.17) is 0 Å². The van der Waals surface area contributed by atoms with Crippen molar-refractivity contribution >= 4 is 17.3 Å². The third kappa shape index (κ3) is 2.48.